The van der Waals surface area contributed by atoms with E-state index in [1.165, 1.54) is 6.42 Å². The van der Waals surface area contributed by atoms with Crippen LogP contribution in [-0.2, 0) is 24.6 Å². The second kappa shape index (κ2) is 6.25. The Labute approximate surface area is 120 Å². The van der Waals surface area contributed by atoms with Crippen molar-refractivity contribution in [2.75, 3.05) is 26.8 Å². The van der Waals surface area contributed by atoms with Gasteiger partial charge >= 0.3 is 0 Å². The van der Waals surface area contributed by atoms with Crippen molar-refractivity contribution in [2.24, 2.45) is 12.5 Å². The van der Waals surface area contributed by atoms with E-state index in [1.54, 1.807) is 0 Å². The molecule has 1 atom stereocenters. The highest BCUT2D eigenvalue weighted by atomic mass is 35.5. The van der Waals surface area contributed by atoms with Gasteiger partial charge in [-0.05, 0) is 32.7 Å². The Hall–Kier alpha value is -0.580. The summed E-state index contributed by atoms with van der Waals surface area (Å²) in [5, 5.41) is 8.65. The zero-order chi connectivity index (χ0) is 13.9. The highest BCUT2D eigenvalue weighted by Gasteiger charge is 2.34. The number of aromatic nitrogens is 2. The predicted molar refractivity (Wildman–Crippen MR) is 77.7 cm³/mol. The van der Waals surface area contributed by atoms with Gasteiger partial charge < -0.3 is 10.1 Å². The van der Waals surface area contributed by atoms with Crippen LogP contribution in [0.2, 0.25) is 5.02 Å². The van der Waals surface area contributed by atoms with Gasteiger partial charge in [-0.3, -0.25) is 4.68 Å². The van der Waals surface area contributed by atoms with E-state index in [-0.39, 0.29) is 5.41 Å². The Kier molecular flexibility index (Phi) is 4.87. The Morgan fingerprint density at radius 1 is 1.53 bits per heavy atom. The maximum atomic E-state index is 6.47. The molecule has 1 saturated heterocycles. The first-order valence-electron chi connectivity index (χ1n) is 7.04. The third-order valence-corrected chi connectivity index (χ3v) is 4.44. The number of ether oxygens (including phenoxy) is 1. The Balaban J connectivity index is 2.23. The van der Waals surface area contributed by atoms with Crippen molar-refractivity contribution in [2.45, 2.75) is 32.6 Å². The molecule has 0 radical (unpaired) electrons. The molecule has 1 aromatic rings. The van der Waals surface area contributed by atoms with Crippen molar-refractivity contribution in [3.8, 4) is 0 Å². The van der Waals surface area contributed by atoms with Crippen LogP contribution >= 0.6 is 11.6 Å². The van der Waals surface area contributed by atoms with Gasteiger partial charge in [-0.1, -0.05) is 18.5 Å². The van der Waals surface area contributed by atoms with Crippen molar-refractivity contribution >= 4 is 11.6 Å². The van der Waals surface area contributed by atoms with Gasteiger partial charge in [0.2, 0.25) is 0 Å². The highest BCUT2D eigenvalue weighted by molar-refractivity contribution is 6.31. The van der Waals surface area contributed by atoms with Crippen molar-refractivity contribution < 1.29 is 4.74 Å². The molecular formula is C14H24ClN3O. The van der Waals surface area contributed by atoms with Gasteiger partial charge in [0.05, 0.1) is 23.0 Å². The second-order valence-corrected chi connectivity index (χ2v) is 5.93. The molecule has 108 valence electrons. The number of hydrogen-bond donors (Lipinski definition) is 1. The fourth-order valence-electron chi connectivity index (χ4n) is 2.99. The first-order valence-corrected chi connectivity index (χ1v) is 7.42. The van der Waals surface area contributed by atoms with Crippen LogP contribution in [0.4, 0.5) is 0 Å². The molecule has 1 N–H and O–H groups in total. The first kappa shape index (κ1) is 14.8. The fourth-order valence-corrected chi connectivity index (χ4v) is 3.35. The van der Waals surface area contributed by atoms with Crippen LogP contribution in [0.5, 0.6) is 0 Å². The van der Waals surface area contributed by atoms with E-state index in [1.807, 2.05) is 18.8 Å². The lowest BCUT2D eigenvalue weighted by Gasteiger charge is -2.37. The van der Waals surface area contributed by atoms with Crippen LogP contribution < -0.4 is 5.32 Å². The molecular weight excluding hydrogens is 262 g/mol. The maximum absolute atomic E-state index is 6.47. The van der Waals surface area contributed by atoms with Crippen LogP contribution in [-0.4, -0.2) is 36.6 Å². The van der Waals surface area contributed by atoms with E-state index in [4.69, 9.17) is 16.3 Å². The molecule has 0 bridgehead atoms. The van der Waals surface area contributed by atoms with Crippen molar-refractivity contribution in [1.29, 1.82) is 0 Å². The molecule has 19 heavy (non-hydrogen) atoms. The molecule has 1 fully saturated rings. The molecule has 1 unspecified atom stereocenters. The van der Waals surface area contributed by atoms with E-state index in [2.05, 4.69) is 17.3 Å². The average Bonchev–Trinajstić information content (AvgIpc) is 2.67. The van der Waals surface area contributed by atoms with Crippen LogP contribution in [0.3, 0.4) is 0 Å². The average molecular weight is 286 g/mol. The number of nitrogens with one attached hydrogen (secondary N) is 1. The number of halogens is 1. The van der Waals surface area contributed by atoms with Crippen LogP contribution in [0, 0.1) is 5.41 Å². The summed E-state index contributed by atoms with van der Waals surface area (Å²) in [7, 11) is 3.98. The maximum Gasteiger partial charge on any atom is 0.0849 e. The van der Waals surface area contributed by atoms with E-state index >= 15 is 0 Å². The summed E-state index contributed by atoms with van der Waals surface area (Å²) in [6.07, 6.45) is 4.10. The molecule has 2 heterocycles. The molecule has 2 rings (SSSR count). The lowest BCUT2D eigenvalue weighted by atomic mass is 9.78. The molecule has 0 amide bonds. The van der Waals surface area contributed by atoms with Gasteiger partial charge in [0.25, 0.3) is 0 Å². The smallest absolute Gasteiger partial charge is 0.0849 e. The Morgan fingerprint density at radius 2 is 2.32 bits per heavy atom. The SMILES string of the molecule is CCc1nn(C)c(CC2(CNC)CCCOC2)c1Cl. The minimum atomic E-state index is 0.148. The normalized spacial score (nSPS) is 23.8. The Bertz CT molecular complexity index is 419. The molecule has 1 aromatic heterocycles. The highest BCUT2D eigenvalue weighted by Crippen LogP contribution is 2.35. The standard InChI is InChI=1S/C14H24ClN3O/c1-4-11-13(15)12(18(3)17-11)8-14(9-16-2)6-5-7-19-10-14/h16H,4-10H2,1-3H3. The van der Waals surface area contributed by atoms with E-state index in [0.717, 1.165) is 55.4 Å². The monoisotopic (exact) mass is 285 g/mol. The molecule has 0 spiro atoms. The summed E-state index contributed by atoms with van der Waals surface area (Å²) in [5.74, 6) is 0. The van der Waals surface area contributed by atoms with Gasteiger partial charge in [-0.15, -0.1) is 0 Å². The molecule has 0 aromatic carbocycles. The predicted octanol–water partition coefficient (Wildman–Crippen LogP) is 2.19. The van der Waals surface area contributed by atoms with E-state index < -0.39 is 0 Å². The Morgan fingerprint density at radius 3 is 2.84 bits per heavy atom. The van der Waals surface area contributed by atoms with E-state index in [9.17, 15) is 0 Å². The largest absolute Gasteiger partial charge is 0.381 e. The van der Waals surface area contributed by atoms with Crippen LogP contribution in [0.25, 0.3) is 0 Å². The second-order valence-electron chi connectivity index (χ2n) is 5.55. The van der Waals surface area contributed by atoms with Crippen molar-refractivity contribution in [1.82, 2.24) is 15.1 Å². The summed E-state index contributed by atoms with van der Waals surface area (Å²) >= 11 is 6.47. The third kappa shape index (κ3) is 3.12. The van der Waals surface area contributed by atoms with Crippen LogP contribution in [0.15, 0.2) is 0 Å². The molecule has 1 aliphatic rings. The van der Waals surface area contributed by atoms with Gasteiger partial charge in [0.15, 0.2) is 0 Å². The van der Waals surface area contributed by atoms with Gasteiger partial charge in [0.1, 0.15) is 0 Å². The number of rotatable bonds is 5. The number of aryl methyl sites for hydroxylation is 2. The first-order chi connectivity index (χ1) is 9.12. The van der Waals surface area contributed by atoms with E-state index in [0.29, 0.717) is 0 Å². The zero-order valence-electron chi connectivity index (χ0n) is 12.1. The lowest BCUT2D eigenvalue weighted by Crippen LogP contribution is -2.42. The quantitative estimate of drug-likeness (QED) is 0.901. The van der Waals surface area contributed by atoms with Gasteiger partial charge in [0, 0.05) is 25.6 Å². The molecule has 0 aliphatic carbocycles. The van der Waals surface area contributed by atoms with Crippen molar-refractivity contribution in [3.63, 3.8) is 0 Å². The number of nitrogens with zero attached hydrogens (tertiary/aromatic N) is 2. The lowest BCUT2D eigenvalue weighted by molar-refractivity contribution is -0.00712. The van der Waals surface area contributed by atoms with Crippen molar-refractivity contribution in [3.05, 3.63) is 16.4 Å². The summed E-state index contributed by atoms with van der Waals surface area (Å²) in [6, 6.07) is 0. The summed E-state index contributed by atoms with van der Waals surface area (Å²) in [6.45, 7) is 4.72. The fraction of sp³-hybridized carbons (Fsp3) is 0.786. The molecule has 0 saturated carbocycles. The van der Waals surface area contributed by atoms with Gasteiger partial charge in [-0.2, -0.15) is 5.10 Å². The molecule has 4 nitrogen and oxygen atoms in total. The third-order valence-electron chi connectivity index (χ3n) is 4.00. The molecule has 1 aliphatic heterocycles. The van der Waals surface area contributed by atoms with Crippen LogP contribution in [0.1, 0.15) is 31.2 Å². The topological polar surface area (TPSA) is 39.1 Å². The summed E-state index contributed by atoms with van der Waals surface area (Å²) in [4.78, 5) is 0. The minimum Gasteiger partial charge on any atom is -0.381 e. The zero-order valence-corrected chi connectivity index (χ0v) is 12.9. The molecule has 5 heteroatoms. The summed E-state index contributed by atoms with van der Waals surface area (Å²) in [5.41, 5.74) is 2.28. The summed E-state index contributed by atoms with van der Waals surface area (Å²) < 4.78 is 7.65. The minimum absolute atomic E-state index is 0.148. The van der Waals surface area contributed by atoms with Gasteiger partial charge in [-0.25, -0.2) is 0 Å². The number of hydrogen-bond acceptors (Lipinski definition) is 3.